The predicted octanol–water partition coefficient (Wildman–Crippen LogP) is 4.73. The largest absolute Gasteiger partial charge is 0.507 e. The van der Waals surface area contributed by atoms with Crippen LogP contribution in [0.2, 0.25) is 0 Å². The smallest absolute Gasteiger partial charge is 0.230 e. The number of H-pyrrole nitrogens is 1. The summed E-state index contributed by atoms with van der Waals surface area (Å²) in [6.07, 6.45) is 5.31. The molecule has 26 heavy (non-hydrogen) atoms. The van der Waals surface area contributed by atoms with Crippen LogP contribution in [0, 0.1) is 0 Å². The van der Waals surface area contributed by atoms with Crippen molar-refractivity contribution >= 4 is 16.7 Å². The summed E-state index contributed by atoms with van der Waals surface area (Å²) in [5, 5.41) is 11.1. The Kier molecular flexibility index (Phi) is 4.27. The molecule has 5 nitrogen and oxygen atoms in total. The summed E-state index contributed by atoms with van der Waals surface area (Å²) in [7, 11) is 0. The van der Waals surface area contributed by atoms with Crippen LogP contribution in [0.15, 0.2) is 65.4 Å². The number of carbonyl (C=O) groups is 1. The number of para-hydroxylation sites is 2. The van der Waals surface area contributed by atoms with Gasteiger partial charge in [-0.1, -0.05) is 30.3 Å². The molecule has 0 bridgehead atoms. The first-order valence-corrected chi connectivity index (χ1v) is 8.54. The van der Waals surface area contributed by atoms with Crippen molar-refractivity contribution in [2.75, 3.05) is 0 Å². The Bertz CT molecular complexity index is 1060. The van der Waals surface area contributed by atoms with Gasteiger partial charge in [0.15, 0.2) is 5.78 Å². The van der Waals surface area contributed by atoms with Gasteiger partial charge in [0.05, 0.1) is 5.56 Å². The zero-order valence-electron chi connectivity index (χ0n) is 14.1. The Morgan fingerprint density at radius 2 is 1.92 bits per heavy atom. The van der Waals surface area contributed by atoms with Crippen molar-refractivity contribution in [3.05, 3.63) is 72.2 Å². The highest BCUT2D eigenvalue weighted by Crippen LogP contribution is 2.28. The minimum Gasteiger partial charge on any atom is -0.507 e. The van der Waals surface area contributed by atoms with Gasteiger partial charge in [0.2, 0.25) is 5.89 Å². The normalized spacial score (nSPS) is 11.1. The van der Waals surface area contributed by atoms with E-state index in [-0.39, 0.29) is 17.4 Å². The lowest BCUT2D eigenvalue weighted by atomic mass is 10.0. The number of aryl methyl sites for hydroxylation is 1. The molecule has 0 aliphatic carbocycles. The minimum absolute atomic E-state index is 0.0599. The molecule has 4 aromatic rings. The number of ketones is 1. The van der Waals surface area contributed by atoms with Crippen LogP contribution >= 0.6 is 0 Å². The third-order valence-electron chi connectivity index (χ3n) is 4.45. The minimum atomic E-state index is -0.0599. The molecule has 0 amide bonds. The van der Waals surface area contributed by atoms with Crippen molar-refractivity contribution in [1.29, 1.82) is 0 Å². The standard InChI is InChI=1S/C21H18N2O3/c24-19-10-4-2-8-16(19)21-23-18(13-26-21)20(25)11-5-6-14-12-22-17-9-3-1-7-15(14)17/h1-4,7-10,12-13,22,24H,5-6,11H2. The molecule has 0 saturated heterocycles. The summed E-state index contributed by atoms with van der Waals surface area (Å²) in [4.78, 5) is 19.8. The fraction of sp³-hybridized carbons (Fsp3) is 0.143. The van der Waals surface area contributed by atoms with Gasteiger partial charge >= 0.3 is 0 Å². The number of fused-ring (bicyclic) bond motifs is 1. The second-order valence-corrected chi connectivity index (χ2v) is 6.19. The number of aromatic hydroxyl groups is 1. The molecule has 0 fully saturated rings. The van der Waals surface area contributed by atoms with Crippen LogP contribution in [0.5, 0.6) is 5.75 Å². The topological polar surface area (TPSA) is 79.1 Å². The monoisotopic (exact) mass is 346 g/mol. The maximum absolute atomic E-state index is 12.4. The van der Waals surface area contributed by atoms with Gasteiger partial charge in [-0.05, 0) is 36.6 Å². The summed E-state index contributed by atoms with van der Waals surface area (Å²) in [5.74, 6) is 0.269. The van der Waals surface area contributed by atoms with Gasteiger partial charge in [0, 0.05) is 23.5 Å². The fourth-order valence-corrected chi connectivity index (χ4v) is 3.09. The zero-order chi connectivity index (χ0) is 17.9. The molecule has 0 radical (unpaired) electrons. The lowest BCUT2D eigenvalue weighted by Crippen LogP contribution is -2.00. The zero-order valence-corrected chi connectivity index (χ0v) is 14.1. The number of hydrogen-bond acceptors (Lipinski definition) is 4. The Balaban J connectivity index is 1.40. The van der Waals surface area contributed by atoms with Crippen LogP contribution < -0.4 is 0 Å². The van der Waals surface area contributed by atoms with E-state index in [0.717, 1.165) is 18.4 Å². The number of nitrogens with zero attached hydrogens (tertiary/aromatic N) is 1. The van der Waals surface area contributed by atoms with Crippen molar-refractivity contribution in [2.24, 2.45) is 0 Å². The molecule has 130 valence electrons. The lowest BCUT2D eigenvalue weighted by Gasteiger charge is -1.99. The first-order chi connectivity index (χ1) is 12.7. The molecule has 4 rings (SSSR count). The van der Waals surface area contributed by atoms with Crippen molar-refractivity contribution in [3.8, 4) is 17.2 Å². The van der Waals surface area contributed by atoms with E-state index in [1.165, 1.54) is 17.2 Å². The van der Waals surface area contributed by atoms with Crippen molar-refractivity contribution in [2.45, 2.75) is 19.3 Å². The van der Waals surface area contributed by atoms with E-state index < -0.39 is 0 Å². The van der Waals surface area contributed by atoms with Crippen LogP contribution in [0.25, 0.3) is 22.4 Å². The molecule has 0 saturated carbocycles. The van der Waals surface area contributed by atoms with Gasteiger partial charge in [-0.3, -0.25) is 4.79 Å². The summed E-state index contributed by atoms with van der Waals surface area (Å²) in [6.45, 7) is 0. The molecule has 0 spiro atoms. The van der Waals surface area contributed by atoms with Gasteiger partial charge in [0.1, 0.15) is 17.7 Å². The highest BCUT2D eigenvalue weighted by molar-refractivity contribution is 5.94. The number of phenols is 1. The summed E-state index contributed by atoms with van der Waals surface area (Å²) in [5.41, 5.74) is 3.09. The number of benzene rings is 2. The average Bonchev–Trinajstić information content (AvgIpc) is 3.30. The first kappa shape index (κ1) is 16.1. The van der Waals surface area contributed by atoms with Crippen LogP contribution in [0.4, 0.5) is 0 Å². The van der Waals surface area contributed by atoms with E-state index >= 15 is 0 Å². The number of nitrogens with one attached hydrogen (secondary N) is 1. The number of hydrogen-bond donors (Lipinski definition) is 2. The predicted molar refractivity (Wildman–Crippen MR) is 99.2 cm³/mol. The van der Waals surface area contributed by atoms with E-state index in [1.54, 1.807) is 24.3 Å². The third kappa shape index (κ3) is 3.11. The third-order valence-corrected chi connectivity index (χ3v) is 4.45. The van der Waals surface area contributed by atoms with Crippen LogP contribution in [-0.4, -0.2) is 20.9 Å². The van der Waals surface area contributed by atoms with E-state index in [1.807, 2.05) is 24.4 Å². The van der Waals surface area contributed by atoms with Crippen LogP contribution in [0.1, 0.15) is 28.9 Å². The van der Waals surface area contributed by atoms with Crippen LogP contribution in [0.3, 0.4) is 0 Å². The molecule has 0 unspecified atom stereocenters. The van der Waals surface area contributed by atoms with E-state index in [4.69, 9.17) is 4.42 Å². The van der Waals surface area contributed by atoms with Crippen molar-refractivity contribution in [1.82, 2.24) is 9.97 Å². The van der Waals surface area contributed by atoms with Crippen molar-refractivity contribution in [3.63, 3.8) is 0 Å². The number of oxazole rings is 1. The average molecular weight is 346 g/mol. The summed E-state index contributed by atoms with van der Waals surface area (Å²) in [6, 6.07) is 14.9. The molecule has 0 aliphatic rings. The molecule has 2 heterocycles. The number of carbonyl (C=O) groups excluding carboxylic acids is 1. The van der Waals surface area contributed by atoms with E-state index in [2.05, 4.69) is 16.0 Å². The van der Waals surface area contributed by atoms with Gasteiger partial charge in [-0.25, -0.2) is 4.98 Å². The Labute approximate surface area is 150 Å². The van der Waals surface area contributed by atoms with Crippen LogP contribution in [-0.2, 0) is 6.42 Å². The molecule has 2 N–H and O–H groups in total. The molecular formula is C21H18N2O3. The Hall–Kier alpha value is -3.34. The molecule has 5 heteroatoms. The van der Waals surface area contributed by atoms with Gasteiger partial charge in [-0.15, -0.1) is 0 Å². The van der Waals surface area contributed by atoms with Gasteiger partial charge in [0.25, 0.3) is 0 Å². The first-order valence-electron chi connectivity index (χ1n) is 8.54. The van der Waals surface area contributed by atoms with Crippen molar-refractivity contribution < 1.29 is 14.3 Å². The fourth-order valence-electron chi connectivity index (χ4n) is 3.09. The molecule has 0 atom stereocenters. The van der Waals surface area contributed by atoms with Gasteiger partial charge in [-0.2, -0.15) is 0 Å². The number of aromatic nitrogens is 2. The molecule has 2 aromatic heterocycles. The van der Waals surface area contributed by atoms with E-state index in [9.17, 15) is 9.90 Å². The summed E-state index contributed by atoms with van der Waals surface area (Å²) < 4.78 is 5.37. The van der Waals surface area contributed by atoms with E-state index in [0.29, 0.717) is 17.7 Å². The number of rotatable bonds is 6. The highest BCUT2D eigenvalue weighted by Gasteiger charge is 2.15. The number of Topliss-reactive ketones (excluding diaryl/α,β-unsaturated/α-hetero) is 1. The molecule has 2 aromatic carbocycles. The maximum Gasteiger partial charge on any atom is 0.230 e. The number of aromatic amines is 1. The quantitative estimate of drug-likeness (QED) is 0.495. The second kappa shape index (κ2) is 6.88. The molecular weight excluding hydrogens is 328 g/mol. The SMILES string of the molecule is O=C(CCCc1c[nH]c2ccccc12)c1coc(-c2ccccc2O)n1. The molecule has 0 aliphatic heterocycles. The second-order valence-electron chi connectivity index (χ2n) is 6.19. The lowest BCUT2D eigenvalue weighted by molar-refractivity contribution is 0.0975. The Morgan fingerprint density at radius 3 is 2.81 bits per heavy atom. The Morgan fingerprint density at radius 1 is 1.12 bits per heavy atom. The highest BCUT2D eigenvalue weighted by atomic mass is 16.3. The number of phenolic OH excluding ortho intramolecular Hbond substituents is 1. The van der Waals surface area contributed by atoms with Gasteiger partial charge < -0.3 is 14.5 Å². The summed E-state index contributed by atoms with van der Waals surface area (Å²) >= 11 is 0. The maximum atomic E-state index is 12.4.